The molecule has 0 bridgehead atoms. The summed E-state index contributed by atoms with van der Waals surface area (Å²) in [7, 11) is 3.59. The van der Waals surface area contributed by atoms with Crippen LogP contribution in [0.1, 0.15) is 51.0 Å². The lowest BCUT2D eigenvalue weighted by Gasteiger charge is -2.44. The number of ether oxygens (including phenoxy) is 1. The Hall–Kier alpha value is -2.28. The molecule has 192 valence electrons. The average Bonchev–Trinajstić information content (AvgIpc) is 2.87. The van der Waals surface area contributed by atoms with Crippen LogP contribution in [0, 0.1) is 17.7 Å². The number of unbranched alkanes of at least 4 members (excludes halogenated alkanes) is 1. The standard InChI is InChI=1S/C29H41FN2O3/c1-22(20-31-2)19-28(33)32-17-8-9-24(21-32)29(34,16-6-7-18-35-3)27-11-5-4-10-26(27)23-12-14-25(30)15-13-23/h4-5,10-15,22,24,31,34H,6-9,16-21H2,1-3H3/t22-,24-,29+/m1/s1. The fourth-order valence-electron chi connectivity index (χ4n) is 5.38. The van der Waals surface area contributed by atoms with Gasteiger partial charge >= 0.3 is 0 Å². The zero-order chi connectivity index (χ0) is 25.3. The first-order valence-corrected chi connectivity index (χ1v) is 12.9. The van der Waals surface area contributed by atoms with Crippen LogP contribution in [0.15, 0.2) is 48.5 Å². The molecule has 0 aliphatic carbocycles. The molecule has 1 amide bonds. The zero-order valence-electron chi connectivity index (χ0n) is 21.4. The number of halogens is 1. The predicted molar refractivity (Wildman–Crippen MR) is 138 cm³/mol. The van der Waals surface area contributed by atoms with E-state index in [0.717, 1.165) is 55.5 Å². The highest BCUT2D eigenvalue weighted by molar-refractivity contribution is 5.76. The molecule has 0 spiro atoms. The Bertz CT molecular complexity index is 936. The Morgan fingerprint density at radius 1 is 1.23 bits per heavy atom. The molecule has 0 unspecified atom stereocenters. The molecule has 35 heavy (non-hydrogen) atoms. The molecule has 3 rings (SSSR count). The van der Waals surface area contributed by atoms with Crippen molar-refractivity contribution < 1.29 is 19.0 Å². The molecule has 1 aliphatic rings. The Morgan fingerprint density at radius 3 is 2.69 bits per heavy atom. The highest BCUT2D eigenvalue weighted by Crippen LogP contribution is 2.43. The lowest BCUT2D eigenvalue weighted by molar-refractivity contribution is -0.137. The Morgan fingerprint density at radius 2 is 1.97 bits per heavy atom. The first kappa shape index (κ1) is 27.3. The molecule has 1 aliphatic heterocycles. The van der Waals surface area contributed by atoms with E-state index in [4.69, 9.17) is 4.74 Å². The van der Waals surface area contributed by atoms with Gasteiger partial charge in [0.05, 0.1) is 5.60 Å². The van der Waals surface area contributed by atoms with Gasteiger partial charge in [-0.15, -0.1) is 0 Å². The maximum atomic E-state index is 13.6. The Balaban J connectivity index is 1.91. The summed E-state index contributed by atoms with van der Waals surface area (Å²) >= 11 is 0. The van der Waals surface area contributed by atoms with Crippen LogP contribution in [0.3, 0.4) is 0 Å². The van der Waals surface area contributed by atoms with Crippen molar-refractivity contribution in [3.8, 4) is 11.1 Å². The van der Waals surface area contributed by atoms with Crippen LogP contribution in [-0.4, -0.2) is 56.3 Å². The number of benzene rings is 2. The van der Waals surface area contributed by atoms with Gasteiger partial charge in [-0.1, -0.05) is 43.3 Å². The van der Waals surface area contributed by atoms with Crippen molar-refractivity contribution in [3.63, 3.8) is 0 Å². The monoisotopic (exact) mass is 484 g/mol. The molecule has 1 saturated heterocycles. The van der Waals surface area contributed by atoms with Gasteiger partial charge in [0, 0.05) is 39.1 Å². The maximum absolute atomic E-state index is 13.6. The number of likely N-dealkylation sites (tertiary alicyclic amines) is 1. The predicted octanol–water partition coefficient (Wildman–Crippen LogP) is 4.98. The van der Waals surface area contributed by atoms with Crippen LogP contribution in [0.4, 0.5) is 4.39 Å². The number of nitrogens with one attached hydrogen (secondary N) is 1. The van der Waals surface area contributed by atoms with Gasteiger partial charge in [-0.25, -0.2) is 4.39 Å². The lowest BCUT2D eigenvalue weighted by atomic mass is 9.72. The van der Waals surface area contributed by atoms with Crippen LogP contribution in [0.2, 0.25) is 0 Å². The van der Waals surface area contributed by atoms with Gasteiger partial charge in [0.2, 0.25) is 5.91 Å². The van der Waals surface area contributed by atoms with Gasteiger partial charge in [-0.05, 0) is 80.4 Å². The number of methoxy groups -OCH3 is 1. The second-order valence-corrected chi connectivity index (χ2v) is 9.97. The molecule has 2 N–H and O–H groups in total. The Labute approximate surface area is 209 Å². The fraction of sp³-hybridized carbons (Fsp3) is 0.552. The lowest BCUT2D eigenvalue weighted by Crippen LogP contribution is -2.48. The van der Waals surface area contributed by atoms with E-state index < -0.39 is 5.60 Å². The first-order valence-electron chi connectivity index (χ1n) is 12.9. The number of hydrogen-bond acceptors (Lipinski definition) is 4. The van der Waals surface area contributed by atoms with Crippen molar-refractivity contribution in [3.05, 3.63) is 59.9 Å². The number of aliphatic hydroxyl groups is 1. The van der Waals surface area contributed by atoms with E-state index in [1.165, 1.54) is 12.1 Å². The quantitative estimate of drug-likeness (QED) is 0.417. The number of piperidine rings is 1. The van der Waals surface area contributed by atoms with Gasteiger partial charge in [0.1, 0.15) is 5.82 Å². The molecule has 0 aromatic heterocycles. The van der Waals surface area contributed by atoms with Gasteiger partial charge < -0.3 is 20.1 Å². The van der Waals surface area contributed by atoms with Crippen LogP contribution >= 0.6 is 0 Å². The first-order chi connectivity index (χ1) is 16.9. The number of carbonyl (C=O) groups is 1. The molecule has 0 saturated carbocycles. The Kier molecular flexibility index (Phi) is 10.3. The van der Waals surface area contributed by atoms with Crippen molar-refractivity contribution >= 4 is 5.91 Å². The van der Waals surface area contributed by atoms with Crippen LogP contribution < -0.4 is 5.32 Å². The summed E-state index contributed by atoms with van der Waals surface area (Å²) < 4.78 is 18.9. The number of hydrogen-bond donors (Lipinski definition) is 2. The number of nitrogens with zero attached hydrogens (tertiary/aromatic N) is 1. The summed E-state index contributed by atoms with van der Waals surface area (Å²) in [6.45, 7) is 4.82. The minimum Gasteiger partial charge on any atom is -0.385 e. The van der Waals surface area contributed by atoms with E-state index in [1.54, 1.807) is 19.2 Å². The summed E-state index contributed by atoms with van der Waals surface area (Å²) in [5.41, 5.74) is 1.54. The topological polar surface area (TPSA) is 61.8 Å². The molecule has 5 nitrogen and oxygen atoms in total. The van der Waals surface area contributed by atoms with Crippen molar-refractivity contribution in [1.82, 2.24) is 10.2 Å². The van der Waals surface area contributed by atoms with E-state index in [-0.39, 0.29) is 23.6 Å². The largest absolute Gasteiger partial charge is 0.385 e. The summed E-state index contributed by atoms with van der Waals surface area (Å²) in [5, 5.41) is 15.6. The van der Waals surface area contributed by atoms with E-state index in [9.17, 15) is 14.3 Å². The highest BCUT2D eigenvalue weighted by Gasteiger charge is 2.42. The third kappa shape index (κ3) is 7.12. The molecular formula is C29H41FN2O3. The van der Waals surface area contributed by atoms with Gasteiger partial charge in [0.25, 0.3) is 0 Å². The third-order valence-corrected chi connectivity index (χ3v) is 7.23. The van der Waals surface area contributed by atoms with Gasteiger partial charge in [-0.3, -0.25) is 4.79 Å². The summed E-state index contributed by atoms with van der Waals surface area (Å²) in [5.74, 6) is 0.0601. The molecule has 3 atom stereocenters. The van der Waals surface area contributed by atoms with Crippen LogP contribution in [-0.2, 0) is 15.1 Å². The summed E-state index contributed by atoms with van der Waals surface area (Å²) in [4.78, 5) is 15.0. The second-order valence-electron chi connectivity index (χ2n) is 9.97. The van der Waals surface area contributed by atoms with Crippen LogP contribution in [0.25, 0.3) is 11.1 Å². The number of carbonyl (C=O) groups excluding carboxylic acids is 1. The molecule has 6 heteroatoms. The average molecular weight is 485 g/mol. The highest BCUT2D eigenvalue weighted by atomic mass is 19.1. The molecule has 2 aromatic rings. The SMILES string of the molecule is CNC[C@H](C)CC(=O)N1CCC[C@@H]([C@@](O)(CCCCOC)c2ccccc2-c2ccc(F)cc2)C1. The number of amides is 1. The third-order valence-electron chi connectivity index (χ3n) is 7.23. The van der Waals surface area contributed by atoms with E-state index in [2.05, 4.69) is 12.2 Å². The molecule has 0 radical (unpaired) electrons. The summed E-state index contributed by atoms with van der Waals surface area (Å²) in [6.07, 6.45) is 4.48. The van der Waals surface area contributed by atoms with Gasteiger partial charge in [-0.2, -0.15) is 0 Å². The van der Waals surface area contributed by atoms with E-state index >= 15 is 0 Å². The molecular weight excluding hydrogens is 443 g/mol. The minimum absolute atomic E-state index is 0.0797. The normalized spacial score (nSPS) is 18.8. The van der Waals surface area contributed by atoms with Crippen molar-refractivity contribution in [2.24, 2.45) is 11.8 Å². The molecule has 2 aromatic carbocycles. The van der Waals surface area contributed by atoms with E-state index in [1.807, 2.05) is 36.2 Å². The smallest absolute Gasteiger partial charge is 0.222 e. The number of rotatable bonds is 12. The molecule has 1 heterocycles. The minimum atomic E-state index is -1.10. The second kappa shape index (κ2) is 13.1. The zero-order valence-corrected chi connectivity index (χ0v) is 21.4. The van der Waals surface area contributed by atoms with Crippen molar-refractivity contribution in [2.75, 3.05) is 40.4 Å². The fourth-order valence-corrected chi connectivity index (χ4v) is 5.38. The van der Waals surface area contributed by atoms with Gasteiger partial charge in [0.15, 0.2) is 0 Å². The molecule has 1 fully saturated rings. The maximum Gasteiger partial charge on any atom is 0.222 e. The van der Waals surface area contributed by atoms with Crippen molar-refractivity contribution in [2.45, 2.75) is 51.0 Å². The summed E-state index contributed by atoms with van der Waals surface area (Å²) in [6, 6.07) is 14.3. The van der Waals surface area contributed by atoms with E-state index in [0.29, 0.717) is 26.0 Å². The van der Waals surface area contributed by atoms with Crippen LogP contribution in [0.5, 0.6) is 0 Å². The van der Waals surface area contributed by atoms with Crippen molar-refractivity contribution in [1.29, 1.82) is 0 Å².